The second kappa shape index (κ2) is 8.08. The zero-order valence-electron chi connectivity index (χ0n) is 13.6. The van der Waals surface area contributed by atoms with Gasteiger partial charge in [-0.05, 0) is 18.6 Å². The van der Waals surface area contributed by atoms with E-state index in [2.05, 4.69) is 27.0 Å². The lowest BCUT2D eigenvalue weighted by Crippen LogP contribution is -2.39. The van der Waals surface area contributed by atoms with Crippen molar-refractivity contribution in [3.05, 3.63) is 42.0 Å². The molecule has 1 aliphatic rings. The molecule has 1 fully saturated rings. The Morgan fingerprint density at radius 3 is 3.00 bits per heavy atom. The quantitative estimate of drug-likeness (QED) is 0.794. The number of morpholine rings is 1. The molecule has 6 nitrogen and oxygen atoms in total. The van der Waals surface area contributed by atoms with Crippen LogP contribution in [0.5, 0.6) is 5.75 Å². The molecule has 0 spiro atoms. The van der Waals surface area contributed by atoms with Crippen LogP contribution in [0.3, 0.4) is 0 Å². The SMILES string of the molecule is CCc1nc(C2CN(CCCOc3ccccc3)CCO2)n[nH]1. The van der Waals surface area contributed by atoms with Crippen LogP contribution in [-0.4, -0.2) is 52.9 Å². The fraction of sp³-hybridized carbons (Fsp3) is 0.529. The van der Waals surface area contributed by atoms with Crippen LogP contribution in [-0.2, 0) is 11.2 Å². The summed E-state index contributed by atoms with van der Waals surface area (Å²) >= 11 is 0. The summed E-state index contributed by atoms with van der Waals surface area (Å²) in [5.74, 6) is 2.62. The maximum atomic E-state index is 5.81. The molecule has 2 heterocycles. The normalized spacial score (nSPS) is 18.9. The van der Waals surface area contributed by atoms with E-state index in [1.807, 2.05) is 30.3 Å². The van der Waals surface area contributed by atoms with Gasteiger partial charge in [-0.25, -0.2) is 4.98 Å². The number of aryl methyl sites for hydroxylation is 1. The highest BCUT2D eigenvalue weighted by Crippen LogP contribution is 2.19. The Kier molecular flexibility index (Phi) is 5.60. The molecule has 1 aromatic carbocycles. The summed E-state index contributed by atoms with van der Waals surface area (Å²) in [7, 11) is 0. The van der Waals surface area contributed by atoms with Gasteiger partial charge in [-0.15, -0.1) is 0 Å². The molecule has 0 amide bonds. The van der Waals surface area contributed by atoms with Crippen molar-refractivity contribution in [2.24, 2.45) is 0 Å². The summed E-state index contributed by atoms with van der Waals surface area (Å²) in [6.45, 7) is 6.30. The number of nitrogens with one attached hydrogen (secondary N) is 1. The third-order valence-electron chi connectivity index (χ3n) is 3.95. The van der Waals surface area contributed by atoms with Gasteiger partial charge in [-0.2, -0.15) is 5.10 Å². The average Bonchev–Trinajstić information content (AvgIpc) is 3.09. The van der Waals surface area contributed by atoms with E-state index < -0.39 is 0 Å². The van der Waals surface area contributed by atoms with Gasteiger partial charge in [0.05, 0.1) is 13.2 Å². The molecule has 0 aliphatic carbocycles. The number of para-hydroxylation sites is 1. The number of rotatable bonds is 7. The van der Waals surface area contributed by atoms with E-state index in [9.17, 15) is 0 Å². The predicted molar refractivity (Wildman–Crippen MR) is 87.4 cm³/mol. The van der Waals surface area contributed by atoms with E-state index in [1.54, 1.807) is 0 Å². The van der Waals surface area contributed by atoms with Crippen LogP contribution < -0.4 is 4.74 Å². The largest absolute Gasteiger partial charge is 0.494 e. The van der Waals surface area contributed by atoms with E-state index in [0.29, 0.717) is 0 Å². The van der Waals surface area contributed by atoms with Gasteiger partial charge in [0.15, 0.2) is 5.82 Å². The molecule has 1 unspecified atom stereocenters. The second-order valence-corrected chi connectivity index (χ2v) is 5.67. The number of aromatic amines is 1. The van der Waals surface area contributed by atoms with E-state index in [4.69, 9.17) is 9.47 Å². The third-order valence-corrected chi connectivity index (χ3v) is 3.95. The highest BCUT2D eigenvalue weighted by molar-refractivity contribution is 5.20. The Balaban J connectivity index is 1.42. The fourth-order valence-corrected chi connectivity index (χ4v) is 2.67. The first kappa shape index (κ1) is 16.0. The van der Waals surface area contributed by atoms with Crippen molar-refractivity contribution >= 4 is 0 Å². The van der Waals surface area contributed by atoms with Gasteiger partial charge in [0.2, 0.25) is 0 Å². The van der Waals surface area contributed by atoms with Crippen molar-refractivity contribution in [1.29, 1.82) is 0 Å². The summed E-state index contributed by atoms with van der Waals surface area (Å²) in [5.41, 5.74) is 0. The molecule has 0 radical (unpaired) electrons. The van der Waals surface area contributed by atoms with Crippen molar-refractivity contribution in [2.75, 3.05) is 32.8 Å². The first-order valence-corrected chi connectivity index (χ1v) is 8.28. The smallest absolute Gasteiger partial charge is 0.180 e. The minimum absolute atomic E-state index is 0.0321. The van der Waals surface area contributed by atoms with Crippen LogP contribution >= 0.6 is 0 Å². The van der Waals surface area contributed by atoms with Gasteiger partial charge in [-0.1, -0.05) is 25.1 Å². The molecule has 23 heavy (non-hydrogen) atoms. The standard InChI is InChI=1S/C17H24N4O2/c1-2-16-18-17(20-19-16)15-13-21(10-12-23-15)9-6-11-22-14-7-4-3-5-8-14/h3-5,7-8,15H,2,6,9-13H2,1H3,(H,18,19,20). The number of ether oxygens (including phenoxy) is 2. The van der Waals surface area contributed by atoms with Gasteiger partial charge >= 0.3 is 0 Å². The van der Waals surface area contributed by atoms with Crippen LogP contribution in [0, 0.1) is 0 Å². The maximum Gasteiger partial charge on any atom is 0.180 e. The second-order valence-electron chi connectivity index (χ2n) is 5.67. The average molecular weight is 316 g/mol. The lowest BCUT2D eigenvalue weighted by atomic mass is 10.2. The summed E-state index contributed by atoms with van der Waals surface area (Å²) in [6.07, 6.45) is 1.83. The molecule has 0 saturated carbocycles. The number of hydrogen-bond acceptors (Lipinski definition) is 5. The van der Waals surface area contributed by atoms with Crippen LogP contribution in [0.2, 0.25) is 0 Å². The van der Waals surface area contributed by atoms with Gasteiger partial charge in [0, 0.05) is 26.1 Å². The van der Waals surface area contributed by atoms with Gasteiger partial charge in [0.1, 0.15) is 17.7 Å². The highest BCUT2D eigenvalue weighted by Gasteiger charge is 2.24. The number of hydrogen-bond donors (Lipinski definition) is 1. The van der Waals surface area contributed by atoms with Crippen LogP contribution in [0.4, 0.5) is 0 Å². The molecular weight excluding hydrogens is 292 g/mol. The minimum atomic E-state index is -0.0321. The van der Waals surface area contributed by atoms with E-state index in [1.165, 1.54) is 0 Å². The van der Waals surface area contributed by atoms with Crippen molar-refractivity contribution in [3.8, 4) is 5.75 Å². The molecule has 1 aliphatic heterocycles. The Bertz CT molecular complexity index is 587. The molecule has 124 valence electrons. The lowest BCUT2D eigenvalue weighted by molar-refractivity contribution is -0.0351. The van der Waals surface area contributed by atoms with E-state index in [0.717, 1.165) is 63.1 Å². The van der Waals surface area contributed by atoms with Crippen molar-refractivity contribution in [2.45, 2.75) is 25.9 Å². The summed E-state index contributed by atoms with van der Waals surface area (Å²) in [6, 6.07) is 9.94. The molecule has 0 bridgehead atoms. The molecule has 3 rings (SSSR count). The third kappa shape index (κ3) is 4.53. The first-order chi connectivity index (χ1) is 11.3. The molecule has 1 aromatic heterocycles. The number of benzene rings is 1. The number of aromatic nitrogens is 3. The van der Waals surface area contributed by atoms with Gasteiger partial charge in [-0.3, -0.25) is 10.00 Å². The topological polar surface area (TPSA) is 63.3 Å². The predicted octanol–water partition coefficient (Wildman–Crippen LogP) is 2.21. The van der Waals surface area contributed by atoms with Crippen LogP contribution in [0.1, 0.15) is 31.1 Å². The fourth-order valence-electron chi connectivity index (χ4n) is 2.67. The highest BCUT2D eigenvalue weighted by atomic mass is 16.5. The zero-order valence-corrected chi connectivity index (χ0v) is 13.6. The number of nitrogens with zero attached hydrogens (tertiary/aromatic N) is 3. The van der Waals surface area contributed by atoms with Crippen LogP contribution in [0.25, 0.3) is 0 Å². The number of H-pyrrole nitrogens is 1. The molecule has 1 saturated heterocycles. The van der Waals surface area contributed by atoms with Crippen LogP contribution in [0.15, 0.2) is 30.3 Å². The molecule has 6 heteroatoms. The summed E-state index contributed by atoms with van der Waals surface area (Å²) < 4.78 is 11.5. The summed E-state index contributed by atoms with van der Waals surface area (Å²) in [5, 5.41) is 7.23. The maximum absolute atomic E-state index is 5.81. The lowest BCUT2D eigenvalue weighted by Gasteiger charge is -2.31. The monoisotopic (exact) mass is 316 g/mol. The van der Waals surface area contributed by atoms with Gasteiger partial charge < -0.3 is 9.47 Å². The Hall–Kier alpha value is -1.92. The zero-order chi connectivity index (χ0) is 15.9. The Morgan fingerprint density at radius 2 is 2.22 bits per heavy atom. The molecular formula is C17H24N4O2. The molecule has 2 aromatic rings. The molecule has 1 atom stereocenters. The Morgan fingerprint density at radius 1 is 1.35 bits per heavy atom. The minimum Gasteiger partial charge on any atom is -0.494 e. The van der Waals surface area contributed by atoms with Crippen molar-refractivity contribution in [3.63, 3.8) is 0 Å². The first-order valence-electron chi connectivity index (χ1n) is 8.28. The van der Waals surface area contributed by atoms with E-state index in [-0.39, 0.29) is 6.10 Å². The summed E-state index contributed by atoms with van der Waals surface area (Å²) in [4.78, 5) is 6.87. The Labute approximate surface area is 136 Å². The van der Waals surface area contributed by atoms with E-state index >= 15 is 0 Å². The van der Waals surface area contributed by atoms with Gasteiger partial charge in [0.25, 0.3) is 0 Å². The molecule has 1 N–H and O–H groups in total. The van der Waals surface area contributed by atoms with Crippen molar-refractivity contribution in [1.82, 2.24) is 20.1 Å². The van der Waals surface area contributed by atoms with Crippen molar-refractivity contribution < 1.29 is 9.47 Å².